The van der Waals surface area contributed by atoms with Crippen LogP contribution in [0, 0.1) is 0 Å². The molecule has 29 heavy (non-hydrogen) atoms. The largest absolute Gasteiger partial charge is 0.338 e. The first kappa shape index (κ1) is 19.7. The number of carbonyl (C=O) groups is 3. The summed E-state index contributed by atoms with van der Waals surface area (Å²) < 4.78 is 0. The molecule has 150 valence electrons. The number of rotatable bonds is 3. The van der Waals surface area contributed by atoms with E-state index in [-0.39, 0.29) is 18.4 Å². The fourth-order valence-corrected chi connectivity index (χ4v) is 4.26. The number of hydrogen-bond donors (Lipinski definition) is 1. The van der Waals surface area contributed by atoms with E-state index >= 15 is 0 Å². The summed E-state index contributed by atoms with van der Waals surface area (Å²) >= 11 is 12.3. The Hall–Kier alpha value is -2.57. The van der Waals surface area contributed by atoms with Crippen molar-refractivity contribution in [3.63, 3.8) is 0 Å². The molecular weight excluding hydrogens is 413 g/mol. The molecule has 4 amide bonds. The van der Waals surface area contributed by atoms with Crippen molar-refractivity contribution in [2.24, 2.45) is 0 Å². The van der Waals surface area contributed by atoms with Crippen LogP contribution < -0.4 is 5.32 Å². The molecule has 2 aromatic carbocycles. The lowest BCUT2D eigenvalue weighted by molar-refractivity contribution is -0.133. The third-order valence-corrected chi connectivity index (χ3v) is 6.24. The first-order valence-electron chi connectivity index (χ1n) is 9.33. The van der Waals surface area contributed by atoms with Gasteiger partial charge in [-0.2, -0.15) is 0 Å². The second-order valence-electron chi connectivity index (χ2n) is 7.27. The zero-order valence-corrected chi connectivity index (χ0v) is 17.0. The van der Waals surface area contributed by atoms with Crippen LogP contribution >= 0.6 is 23.2 Å². The molecule has 0 aromatic heterocycles. The highest BCUT2D eigenvalue weighted by Gasteiger charge is 2.52. The number of imide groups is 1. The Kier molecular flexibility index (Phi) is 5.23. The fourth-order valence-electron chi connectivity index (χ4n) is 3.85. The molecule has 0 radical (unpaired) electrons. The number of halogens is 2. The van der Waals surface area contributed by atoms with Gasteiger partial charge in [-0.3, -0.25) is 14.5 Å². The van der Waals surface area contributed by atoms with Crippen LogP contribution in [0.5, 0.6) is 0 Å². The second-order valence-corrected chi connectivity index (χ2v) is 8.08. The molecule has 1 spiro atoms. The van der Waals surface area contributed by atoms with E-state index in [0.717, 1.165) is 0 Å². The molecule has 2 heterocycles. The van der Waals surface area contributed by atoms with Gasteiger partial charge in [-0.05, 0) is 36.6 Å². The first-order valence-corrected chi connectivity index (χ1v) is 10.1. The van der Waals surface area contributed by atoms with E-state index in [1.165, 1.54) is 4.90 Å². The van der Waals surface area contributed by atoms with E-state index in [4.69, 9.17) is 23.2 Å². The predicted octanol–water partition coefficient (Wildman–Crippen LogP) is 3.72. The lowest BCUT2D eigenvalue weighted by Crippen LogP contribution is -2.55. The molecule has 0 aliphatic carbocycles. The molecule has 2 saturated heterocycles. The first-order chi connectivity index (χ1) is 13.9. The number of carbonyl (C=O) groups excluding carboxylic acids is 3. The van der Waals surface area contributed by atoms with Gasteiger partial charge in [-0.15, -0.1) is 0 Å². The molecule has 1 N–H and O–H groups in total. The maximum Gasteiger partial charge on any atom is 0.325 e. The van der Waals surface area contributed by atoms with Gasteiger partial charge in [0.25, 0.3) is 11.8 Å². The molecule has 0 bridgehead atoms. The molecule has 0 atom stereocenters. The third kappa shape index (κ3) is 3.58. The normalized spacial score (nSPS) is 18.3. The number of amides is 4. The van der Waals surface area contributed by atoms with Crippen LogP contribution in [-0.2, 0) is 11.3 Å². The van der Waals surface area contributed by atoms with Crippen molar-refractivity contribution in [3.8, 4) is 0 Å². The SMILES string of the molecule is O=C(c1ccccc1Cl)N1CCC2(CC1)NC(=O)N(Cc1ccccc1Cl)C2=O. The molecule has 2 aliphatic heterocycles. The number of nitrogens with one attached hydrogen (secondary N) is 1. The van der Waals surface area contributed by atoms with Gasteiger partial charge in [-0.1, -0.05) is 53.5 Å². The van der Waals surface area contributed by atoms with Crippen LogP contribution in [0.1, 0.15) is 28.8 Å². The van der Waals surface area contributed by atoms with Gasteiger partial charge < -0.3 is 10.2 Å². The summed E-state index contributed by atoms with van der Waals surface area (Å²) in [5.41, 5.74) is 0.170. The summed E-state index contributed by atoms with van der Waals surface area (Å²) in [5, 5.41) is 3.76. The Balaban J connectivity index is 1.46. The fraction of sp³-hybridized carbons (Fsp3) is 0.286. The predicted molar refractivity (Wildman–Crippen MR) is 110 cm³/mol. The van der Waals surface area contributed by atoms with Gasteiger partial charge in [-0.25, -0.2) is 4.79 Å². The summed E-state index contributed by atoms with van der Waals surface area (Å²) in [4.78, 5) is 41.2. The Morgan fingerprint density at radius 3 is 2.24 bits per heavy atom. The molecule has 6 nitrogen and oxygen atoms in total. The minimum Gasteiger partial charge on any atom is -0.338 e. The van der Waals surface area contributed by atoms with Gasteiger partial charge in [0.15, 0.2) is 0 Å². The van der Waals surface area contributed by atoms with Crippen molar-refractivity contribution >= 4 is 41.0 Å². The molecule has 8 heteroatoms. The molecule has 2 aromatic rings. The summed E-state index contributed by atoms with van der Waals surface area (Å²) in [7, 11) is 0. The van der Waals surface area contributed by atoms with Crippen molar-refractivity contribution in [1.82, 2.24) is 15.1 Å². The number of nitrogens with zero attached hydrogens (tertiary/aromatic N) is 2. The quantitative estimate of drug-likeness (QED) is 0.752. The highest BCUT2D eigenvalue weighted by Crippen LogP contribution is 2.32. The molecule has 2 fully saturated rings. The standard InChI is InChI=1S/C21H19Cl2N3O3/c22-16-7-3-1-5-14(16)13-26-19(28)21(24-20(26)29)9-11-25(12-10-21)18(27)15-6-2-4-8-17(15)23/h1-8H,9-13H2,(H,24,29). The Morgan fingerprint density at radius 1 is 0.966 bits per heavy atom. The van der Waals surface area contributed by atoms with Crippen molar-refractivity contribution < 1.29 is 14.4 Å². The van der Waals surface area contributed by atoms with E-state index in [2.05, 4.69) is 5.32 Å². The van der Waals surface area contributed by atoms with Crippen LogP contribution in [-0.4, -0.2) is 46.3 Å². The Bertz CT molecular complexity index is 987. The van der Waals surface area contributed by atoms with Crippen molar-refractivity contribution in [2.45, 2.75) is 24.9 Å². The number of urea groups is 1. The van der Waals surface area contributed by atoms with Gasteiger partial charge in [0, 0.05) is 18.1 Å². The summed E-state index contributed by atoms with van der Waals surface area (Å²) in [5.74, 6) is -0.442. The van der Waals surface area contributed by atoms with E-state index < -0.39 is 11.6 Å². The van der Waals surface area contributed by atoms with Crippen LogP contribution in [0.2, 0.25) is 10.0 Å². The van der Waals surface area contributed by atoms with E-state index in [9.17, 15) is 14.4 Å². The Morgan fingerprint density at radius 2 is 1.59 bits per heavy atom. The third-order valence-electron chi connectivity index (χ3n) is 5.54. The maximum atomic E-state index is 13.1. The lowest BCUT2D eigenvalue weighted by Gasteiger charge is -2.37. The van der Waals surface area contributed by atoms with Crippen molar-refractivity contribution in [3.05, 3.63) is 69.7 Å². The minimum atomic E-state index is -0.977. The van der Waals surface area contributed by atoms with Gasteiger partial charge in [0.1, 0.15) is 5.54 Å². The summed E-state index contributed by atoms with van der Waals surface area (Å²) in [6, 6.07) is 13.6. The second kappa shape index (κ2) is 7.69. The average molecular weight is 432 g/mol. The molecule has 2 aliphatic rings. The average Bonchev–Trinajstić information content (AvgIpc) is 2.94. The Labute approximate surface area is 178 Å². The van der Waals surface area contributed by atoms with Crippen LogP contribution in [0.15, 0.2) is 48.5 Å². The summed E-state index contributed by atoms with van der Waals surface area (Å²) in [6.45, 7) is 0.834. The molecule has 4 rings (SSSR count). The number of likely N-dealkylation sites (tertiary alicyclic amines) is 1. The van der Waals surface area contributed by atoms with Gasteiger partial charge in [0.2, 0.25) is 0 Å². The number of benzene rings is 2. The highest BCUT2D eigenvalue weighted by molar-refractivity contribution is 6.33. The monoisotopic (exact) mass is 431 g/mol. The van der Waals surface area contributed by atoms with E-state index in [0.29, 0.717) is 47.1 Å². The van der Waals surface area contributed by atoms with Crippen molar-refractivity contribution in [1.29, 1.82) is 0 Å². The molecular formula is C21H19Cl2N3O3. The van der Waals surface area contributed by atoms with Crippen LogP contribution in [0.4, 0.5) is 4.79 Å². The van der Waals surface area contributed by atoms with Crippen molar-refractivity contribution in [2.75, 3.05) is 13.1 Å². The summed E-state index contributed by atoms with van der Waals surface area (Å²) in [6.07, 6.45) is 0.708. The lowest BCUT2D eigenvalue weighted by atomic mass is 9.87. The van der Waals surface area contributed by atoms with E-state index in [1.54, 1.807) is 47.4 Å². The van der Waals surface area contributed by atoms with Crippen LogP contribution in [0.25, 0.3) is 0 Å². The smallest absolute Gasteiger partial charge is 0.325 e. The topological polar surface area (TPSA) is 69.7 Å². The zero-order chi connectivity index (χ0) is 20.6. The highest BCUT2D eigenvalue weighted by atomic mass is 35.5. The molecule has 0 unspecified atom stereocenters. The van der Waals surface area contributed by atoms with Crippen LogP contribution in [0.3, 0.4) is 0 Å². The zero-order valence-electron chi connectivity index (χ0n) is 15.5. The number of piperidine rings is 1. The van der Waals surface area contributed by atoms with Gasteiger partial charge in [0.05, 0.1) is 17.1 Å². The number of hydrogen-bond acceptors (Lipinski definition) is 3. The van der Waals surface area contributed by atoms with Gasteiger partial charge >= 0.3 is 6.03 Å². The van der Waals surface area contributed by atoms with E-state index in [1.807, 2.05) is 6.07 Å². The molecule has 0 saturated carbocycles. The minimum absolute atomic E-state index is 0.119. The maximum absolute atomic E-state index is 13.1.